The number of amides is 1. The molecule has 1 atom stereocenters. The number of anilines is 2. The molecule has 3 rings (SSSR count). The van der Waals surface area contributed by atoms with E-state index in [-0.39, 0.29) is 17.2 Å². The van der Waals surface area contributed by atoms with E-state index >= 15 is 0 Å². The summed E-state index contributed by atoms with van der Waals surface area (Å²) in [5.74, 6) is -1.51. The highest BCUT2D eigenvalue weighted by atomic mass is 79.9. The fraction of sp³-hybridized carbons (Fsp3) is 0.167. The molecule has 28 heavy (non-hydrogen) atoms. The molecule has 0 radical (unpaired) electrons. The van der Waals surface area contributed by atoms with Crippen molar-refractivity contribution in [3.8, 4) is 0 Å². The first kappa shape index (κ1) is 20.7. The van der Waals surface area contributed by atoms with E-state index in [9.17, 15) is 13.6 Å². The zero-order valence-electron chi connectivity index (χ0n) is 14.6. The molecule has 1 unspecified atom stereocenters. The van der Waals surface area contributed by atoms with Crippen molar-refractivity contribution in [1.29, 1.82) is 0 Å². The van der Waals surface area contributed by atoms with Crippen LogP contribution in [0.15, 0.2) is 51.3 Å². The topological polar surface area (TPSA) is 66.9 Å². The van der Waals surface area contributed by atoms with Crippen molar-refractivity contribution in [2.75, 3.05) is 11.1 Å². The van der Waals surface area contributed by atoms with Crippen LogP contribution in [-0.4, -0.2) is 21.9 Å². The van der Waals surface area contributed by atoms with E-state index in [4.69, 9.17) is 0 Å². The van der Waals surface area contributed by atoms with Gasteiger partial charge in [0.1, 0.15) is 11.6 Å². The molecule has 1 aromatic heterocycles. The minimum Gasteiger partial charge on any atom is -0.349 e. The average molecular weight is 485 g/mol. The molecule has 10 heteroatoms. The highest BCUT2D eigenvalue weighted by Gasteiger charge is 2.15. The largest absolute Gasteiger partial charge is 0.349 e. The zero-order valence-corrected chi connectivity index (χ0v) is 17.8. The molecule has 0 saturated heterocycles. The molecule has 146 valence electrons. The normalized spacial score (nSPS) is 11.9. The number of halogens is 3. The van der Waals surface area contributed by atoms with Gasteiger partial charge in [0.2, 0.25) is 11.0 Å². The summed E-state index contributed by atoms with van der Waals surface area (Å²) in [6.45, 7) is 1.64. The lowest BCUT2D eigenvalue weighted by Crippen LogP contribution is -2.28. The highest BCUT2D eigenvalue weighted by Crippen LogP contribution is 2.28. The second kappa shape index (κ2) is 9.44. The summed E-state index contributed by atoms with van der Waals surface area (Å²) in [5.41, 5.74) is 1.10. The number of thioether (sulfide) groups is 1. The zero-order chi connectivity index (χ0) is 20.1. The molecule has 0 saturated carbocycles. The van der Waals surface area contributed by atoms with Crippen molar-refractivity contribution in [2.24, 2.45) is 0 Å². The van der Waals surface area contributed by atoms with E-state index in [0.717, 1.165) is 22.3 Å². The van der Waals surface area contributed by atoms with Crippen molar-refractivity contribution >= 4 is 55.8 Å². The van der Waals surface area contributed by atoms with Crippen molar-refractivity contribution in [2.45, 2.75) is 17.3 Å². The van der Waals surface area contributed by atoms with Crippen molar-refractivity contribution in [3.05, 3.63) is 64.1 Å². The van der Waals surface area contributed by atoms with Crippen LogP contribution in [0.2, 0.25) is 0 Å². The summed E-state index contributed by atoms with van der Waals surface area (Å²) < 4.78 is 28.4. The minimum absolute atomic E-state index is 0.110. The Hall–Kier alpha value is -2.04. The molecule has 0 aliphatic heterocycles. The number of aromatic nitrogens is 2. The first-order valence-electron chi connectivity index (χ1n) is 8.14. The molecule has 0 bridgehead atoms. The van der Waals surface area contributed by atoms with Crippen molar-refractivity contribution in [3.63, 3.8) is 0 Å². The summed E-state index contributed by atoms with van der Waals surface area (Å²) in [4.78, 5) is 12.1. The van der Waals surface area contributed by atoms with E-state index in [1.165, 1.54) is 29.2 Å². The molecule has 0 aliphatic rings. The second-order valence-corrected chi connectivity index (χ2v) is 8.87. The maximum atomic E-state index is 13.8. The second-order valence-electron chi connectivity index (χ2n) is 5.75. The quantitative estimate of drug-likeness (QED) is 0.445. The van der Waals surface area contributed by atoms with Crippen LogP contribution in [0.5, 0.6) is 0 Å². The number of hydrogen-bond acceptors (Lipinski definition) is 6. The summed E-state index contributed by atoms with van der Waals surface area (Å²) in [7, 11) is 0. The maximum absolute atomic E-state index is 13.8. The van der Waals surface area contributed by atoms with Crippen molar-refractivity contribution < 1.29 is 13.6 Å². The standard InChI is InChI=1S/C18H15BrF2N4OS2/c1-10(14-6-5-12(20)8-15(14)21)22-16(26)9-27-18-25-24-17(28-18)23-13-4-2-3-11(19)7-13/h2-8,10H,9H2,1H3,(H,22,26)(H,23,24). The molecule has 2 N–H and O–H groups in total. The van der Waals surface area contributed by atoms with E-state index in [1.807, 2.05) is 24.3 Å². The average Bonchev–Trinajstić information content (AvgIpc) is 3.07. The third-order valence-corrected chi connectivity index (χ3v) is 6.08. The summed E-state index contributed by atoms with van der Waals surface area (Å²) in [5, 5.41) is 14.5. The molecule has 3 aromatic rings. The van der Waals surface area contributed by atoms with Crippen LogP contribution in [0, 0.1) is 11.6 Å². The van der Waals surface area contributed by atoms with E-state index in [0.29, 0.717) is 9.47 Å². The lowest BCUT2D eigenvalue weighted by Gasteiger charge is -2.14. The van der Waals surface area contributed by atoms with Crippen LogP contribution in [0.3, 0.4) is 0 Å². The van der Waals surface area contributed by atoms with Crippen LogP contribution in [-0.2, 0) is 4.79 Å². The van der Waals surface area contributed by atoms with Crippen LogP contribution < -0.4 is 10.6 Å². The van der Waals surface area contributed by atoms with Gasteiger partial charge in [-0.15, -0.1) is 10.2 Å². The molecular formula is C18H15BrF2N4OS2. The Morgan fingerprint density at radius 2 is 2.07 bits per heavy atom. The predicted molar refractivity (Wildman–Crippen MR) is 111 cm³/mol. The Kier molecular flexibility index (Phi) is 6.97. The van der Waals surface area contributed by atoms with Gasteiger partial charge in [-0.2, -0.15) is 0 Å². The fourth-order valence-corrected chi connectivity index (χ4v) is 4.33. The van der Waals surface area contributed by atoms with Gasteiger partial charge in [0.15, 0.2) is 4.34 Å². The van der Waals surface area contributed by atoms with Gasteiger partial charge in [-0.25, -0.2) is 8.78 Å². The number of hydrogen-bond donors (Lipinski definition) is 2. The number of carbonyl (C=O) groups excluding carboxylic acids is 1. The van der Waals surface area contributed by atoms with Gasteiger partial charge in [-0.3, -0.25) is 4.79 Å². The van der Waals surface area contributed by atoms with Crippen LogP contribution in [0.1, 0.15) is 18.5 Å². The van der Waals surface area contributed by atoms with Gasteiger partial charge in [0.25, 0.3) is 0 Å². The Bertz CT molecular complexity index is 986. The molecule has 1 amide bonds. The minimum atomic E-state index is -0.687. The highest BCUT2D eigenvalue weighted by molar-refractivity contribution is 9.10. The molecular weight excluding hydrogens is 470 g/mol. The first-order valence-corrected chi connectivity index (χ1v) is 10.7. The van der Waals surface area contributed by atoms with E-state index < -0.39 is 17.7 Å². The maximum Gasteiger partial charge on any atom is 0.230 e. The van der Waals surface area contributed by atoms with Gasteiger partial charge in [0, 0.05) is 21.8 Å². The first-order chi connectivity index (χ1) is 13.4. The molecule has 2 aromatic carbocycles. The number of carbonyl (C=O) groups is 1. The molecule has 5 nitrogen and oxygen atoms in total. The van der Waals surface area contributed by atoms with Crippen molar-refractivity contribution in [1.82, 2.24) is 15.5 Å². The Labute approximate surface area is 177 Å². The fourth-order valence-electron chi connectivity index (χ4n) is 2.35. The molecule has 1 heterocycles. The molecule has 0 spiro atoms. The Morgan fingerprint density at radius 1 is 1.25 bits per heavy atom. The predicted octanol–water partition coefficient (Wildman–Crippen LogP) is 5.29. The van der Waals surface area contributed by atoms with E-state index in [2.05, 4.69) is 36.8 Å². The number of benzene rings is 2. The number of nitrogens with zero attached hydrogens (tertiary/aromatic N) is 2. The van der Waals surface area contributed by atoms with E-state index in [1.54, 1.807) is 6.92 Å². The van der Waals surface area contributed by atoms with Crippen LogP contribution in [0.4, 0.5) is 19.6 Å². The third-order valence-electron chi connectivity index (χ3n) is 3.62. The lowest BCUT2D eigenvalue weighted by atomic mass is 10.1. The summed E-state index contributed by atoms with van der Waals surface area (Å²) in [6, 6.07) is 10.4. The smallest absolute Gasteiger partial charge is 0.230 e. The number of nitrogens with one attached hydrogen (secondary N) is 2. The number of rotatable bonds is 7. The molecule has 0 fully saturated rings. The summed E-state index contributed by atoms with van der Waals surface area (Å²) >= 11 is 5.97. The third kappa shape index (κ3) is 5.73. The van der Waals surface area contributed by atoms with Gasteiger partial charge >= 0.3 is 0 Å². The van der Waals surface area contributed by atoms with Gasteiger partial charge in [-0.05, 0) is 31.2 Å². The van der Waals surface area contributed by atoms with Gasteiger partial charge in [0.05, 0.1) is 11.8 Å². The van der Waals surface area contributed by atoms with Crippen LogP contribution >= 0.6 is 39.0 Å². The van der Waals surface area contributed by atoms with Crippen LogP contribution in [0.25, 0.3) is 0 Å². The molecule has 0 aliphatic carbocycles. The van der Waals surface area contributed by atoms with Gasteiger partial charge in [-0.1, -0.05) is 51.2 Å². The van der Waals surface area contributed by atoms with Gasteiger partial charge < -0.3 is 10.6 Å². The SMILES string of the molecule is CC(NC(=O)CSc1nnc(Nc2cccc(Br)c2)s1)c1ccc(F)cc1F. The summed E-state index contributed by atoms with van der Waals surface area (Å²) in [6.07, 6.45) is 0. The monoisotopic (exact) mass is 484 g/mol. The lowest BCUT2D eigenvalue weighted by molar-refractivity contribution is -0.119. The Balaban J connectivity index is 1.51. The Morgan fingerprint density at radius 3 is 2.82 bits per heavy atom.